The van der Waals surface area contributed by atoms with E-state index in [4.69, 9.17) is 42.8 Å². The molecule has 0 fully saturated rings. The third-order valence-corrected chi connectivity index (χ3v) is 7.12. The van der Waals surface area contributed by atoms with Crippen LogP contribution in [0, 0.1) is 10.1 Å². The number of nitro benzene ring substituents is 1. The average Bonchev–Trinajstić information content (AvgIpc) is 3.03. The maximum Gasteiger partial charge on any atom is 0.338 e. The number of esters is 1. The third-order valence-electron chi connectivity index (χ3n) is 6.62. The Balaban J connectivity index is 1.40. The smallest absolute Gasteiger partial charge is 0.338 e. The van der Waals surface area contributed by atoms with Gasteiger partial charge >= 0.3 is 5.97 Å². The number of thiocarbonyl (C=S) groups is 1. The van der Waals surface area contributed by atoms with E-state index in [1.165, 1.54) is 18.3 Å². The Morgan fingerprint density at radius 3 is 2.51 bits per heavy atom. The highest BCUT2D eigenvalue weighted by Crippen LogP contribution is 2.37. The van der Waals surface area contributed by atoms with Gasteiger partial charge in [-0.3, -0.25) is 14.9 Å². The SMILES string of the molecule is CCOC(=O)C1=C(C)NC(=S)N[C@H]1c1ccccc1OCC(=O)NN=Cc1cc(Cl)c(OCc2ccc([N+](=O)[O-])cc2)c(OCC)c1. The summed E-state index contributed by atoms with van der Waals surface area (Å²) in [6.45, 7) is 5.51. The van der Waals surface area contributed by atoms with Gasteiger partial charge in [-0.05, 0) is 74.4 Å². The molecule has 1 aliphatic rings. The van der Waals surface area contributed by atoms with Gasteiger partial charge in [0.15, 0.2) is 23.2 Å². The van der Waals surface area contributed by atoms with Crippen molar-refractivity contribution in [1.82, 2.24) is 16.1 Å². The van der Waals surface area contributed by atoms with Crippen molar-refractivity contribution in [3.8, 4) is 17.2 Å². The van der Waals surface area contributed by atoms with Crippen LogP contribution in [-0.2, 0) is 20.9 Å². The number of nitrogens with one attached hydrogen (secondary N) is 3. The van der Waals surface area contributed by atoms with Gasteiger partial charge in [0.05, 0.1) is 41.0 Å². The van der Waals surface area contributed by atoms with Crippen molar-refractivity contribution in [2.24, 2.45) is 5.10 Å². The zero-order valence-corrected chi connectivity index (χ0v) is 27.3. The molecule has 0 spiro atoms. The summed E-state index contributed by atoms with van der Waals surface area (Å²) in [5, 5.41) is 21.5. The fraction of sp³-hybridized carbons (Fsp3) is 0.250. The van der Waals surface area contributed by atoms with E-state index in [0.29, 0.717) is 56.9 Å². The first-order valence-electron chi connectivity index (χ1n) is 14.4. The number of amides is 1. The lowest BCUT2D eigenvalue weighted by atomic mass is 9.95. The number of ether oxygens (including phenoxy) is 4. The summed E-state index contributed by atoms with van der Waals surface area (Å²) in [6.07, 6.45) is 1.39. The van der Waals surface area contributed by atoms with Crippen molar-refractivity contribution in [2.75, 3.05) is 19.8 Å². The van der Waals surface area contributed by atoms with Gasteiger partial charge in [0.1, 0.15) is 12.4 Å². The maximum atomic E-state index is 12.8. The lowest BCUT2D eigenvalue weighted by Gasteiger charge is -2.30. The molecule has 13 nitrogen and oxygen atoms in total. The van der Waals surface area contributed by atoms with Crippen LogP contribution in [-0.4, -0.2) is 47.9 Å². The fourth-order valence-corrected chi connectivity index (χ4v) is 5.09. The predicted molar refractivity (Wildman–Crippen MR) is 179 cm³/mol. The number of rotatable bonds is 14. The first kappa shape index (κ1) is 34.7. The van der Waals surface area contributed by atoms with E-state index in [-0.39, 0.29) is 30.5 Å². The zero-order chi connectivity index (χ0) is 33.9. The van der Waals surface area contributed by atoms with Crippen LogP contribution in [0.15, 0.2) is 77.0 Å². The topological polar surface area (TPSA) is 163 Å². The van der Waals surface area contributed by atoms with E-state index >= 15 is 0 Å². The first-order valence-corrected chi connectivity index (χ1v) is 15.2. The van der Waals surface area contributed by atoms with Crippen LogP contribution in [0.5, 0.6) is 17.2 Å². The Labute approximate surface area is 281 Å². The van der Waals surface area contributed by atoms with Crippen molar-refractivity contribution in [3.05, 3.63) is 104 Å². The van der Waals surface area contributed by atoms with Crippen molar-refractivity contribution < 1.29 is 33.5 Å². The molecule has 1 atom stereocenters. The van der Waals surface area contributed by atoms with Gasteiger partial charge in [0.25, 0.3) is 11.6 Å². The van der Waals surface area contributed by atoms with Crippen LogP contribution in [0.3, 0.4) is 0 Å². The highest BCUT2D eigenvalue weighted by atomic mass is 35.5. The second kappa shape index (κ2) is 16.4. The number of para-hydroxylation sites is 1. The molecule has 0 aliphatic carbocycles. The van der Waals surface area contributed by atoms with Crippen LogP contribution in [0.2, 0.25) is 5.02 Å². The molecule has 15 heteroatoms. The van der Waals surface area contributed by atoms with Crippen LogP contribution in [0.4, 0.5) is 5.69 Å². The van der Waals surface area contributed by atoms with E-state index in [0.717, 1.165) is 0 Å². The number of benzene rings is 3. The number of allylic oxidation sites excluding steroid dienone is 1. The van der Waals surface area contributed by atoms with E-state index in [9.17, 15) is 19.7 Å². The van der Waals surface area contributed by atoms with Crippen LogP contribution in [0.1, 0.15) is 43.5 Å². The Hall–Kier alpha value is -5.21. The van der Waals surface area contributed by atoms with Crippen LogP contribution < -0.4 is 30.3 Å². The first-order chi connectivity index (χ1) is 22.6. The third kappa shape index (κ3) is 9.17. The average molecular weight is 682 g/mol. The molecule has 0 aromatic heterocycles. The summed E-state index contributed by atoms with van der Waals surface area (Å²) < 4.78 is 22.7. The largest absolute Gasteiger partial charge is 0.490 e. The monoisotopic (exact) mass is 681 g/mol. The summed E-state index contributed by atoms with van der Waals surface area (Å²) in [4.78, 5) is 35.8. The summed E-state index contributed by atoms with van der Waals surface area (Å²) in [6, 6.07) is 15.5. The van der Waals surface area contributed by atoms with Gasteiger partial charge in [-0.2, -0.15) is 5.10 Å². The molecule has 1 amide bonds. The lowest BCUT2D eigenvalue weighted by Crippen LogP contribution is -2.45. The predicted octanol–water partition coefficient (Wildman–Crippen LogP) is 5.11. The normalized spacial score (nSPS) is 14.2. The van der Waals surface area contributed by atoms with E-state index in [1.807, 2.05) is 0 Å². The molecule has 3 aromatic carbocycles. The Morgan fingerprint density at radius 2 is 1.81 bits per heavy atom. The molecule has 0 saturated heterocycles. The number of non-ortho nitro benzene ring substituents is 1. The summed E-state index contributed by atoms with van der Waals surface area (Å²) in [7, 11) is 0. The molecule has 0 saturated carbocycles. The lowest BCUT2D eigenvalue weighted by molar-refractivity contribution is -0.384. The van der Waals surface area contributed by atoms with Gasteiger partial charge < -0.3 is 29.6 Å². The molecular weight excluding hydrogens is 650 g/mol. The molecule has 246 valence electrons. The summed E-state index contributed by atoms with van der Waals surface area (Å²) in [5.41, 5.74) is 5.10. The number of hydrogen-bond donors (Lipinski definition) is 3. The molecule has 0 radical (unpaired) electrons. The molecule has 3 N–H and O–H groups in total. The molecule has 1 aliphatic heterocycles. The molecule has 0 bridgehead atoms. The van der Waals surface area contributed by atoms with Crippen molar-refractivity contribution in [3.63, 3.8) is 0 Å². The molecule has 47 heavy (non-hydrogen) atoms. The number of nitro groups is 1. The summed E-state index contributed by atoms with van der Waals surface area (Å²) in [5.74, 6) is -0.0364. The quantitative estimate of drug-likeness (QED) is 0.0681. The number of carbonyl (C=O) groups excluding carboxylic acids is 2. The molecular formula is C32H32ClN5O8S. The minimum absolute atomic E-state index is 0.0225. The minimum Gasteiger partial charge on any atom is -0.490 e. The molecule has 3 aromatic rings. The summed E-state index contributed by atoms with van der Waals surface area (Å²) >= 11 is 11.8. The van der Waals surface area contributed by atoms with Crippen molar-refractivity contribution >= 4 is 52.7 Å². The second-order valence-electron chi connectivity index (χ2n) is 9.89. The van der Waals surface area contributed by atoms with Gasteiger partial charge in [-0.25, -0.2) is 10.2 Å². The van der Waals surface area contributed by atoms with Crippen LogP contribution in [0.25, 0.3) is 0 Å². The molecule has 1 heterocycles. The second-order valence-corrected chi connectivity index (χ2v) is 10.7. The van der Waals surface area contributed by atoms with E-state index in [1.54, 1.807) is 69.3 Å². The Kier molecular flexibility index (Phi) is 12.1. The van der Waals surface area contributed by atoms with Crippen LogP contribution >= 0.6 is 23.8 Å². The number of nitrogens with zero attached hydrogens (tertiary/aromatic N) is 2. The number of hydrogen-bond acceptors (Lipinski definition) is 10. The van der Waals surface area contributed by atoms with Gasteiger partial charge in [-0.1, -0.05) is 29.8 Å². The van der Waals surface area contributed by atoms with Crippen molar-refractivity contribution in [1.29, 1.82) is 0 Å². The Morgan fingerprint density at radius 1 is 1.06 bits per heavy atom. The maximum absolute atomic E-state index is 12.8. The zero-order valence-electron chi connectivity index (χ0n) is 25.7. The number of carbonyl (C=O) groups is 2. The highest BCUT2D eigenvalue weighted by molar-refractivity contribution is 7.80. The number of halogens is 1. The van der Waals surface area contributed by atoms with Gasteiger partial charge in [0, 0.05) is 23.4 Å². The standard InChI is InChI=1S/C32H32ClN5O8S/c1-4-43-26-15-21(14-24(33)30(26)46-17-20-10-12-22(13-11-20)38(41)42)16-34-37-27(39)18-45-25-9-7-6-8-23(25)29-28(31(40)44-5-2)19(3)35-32(47)36-29/h6-16,29H,4-5,17-18H2,1-3H3,(H,37,39)(H2,35,36,47)/t29-/m0/s1. The molecule has 4 rings (SSSR count). The molecule has 0 unspecified atom stereocenters. The number of hydrazone groups is 1. The van der Waals surface area contributed by atoms with E-state index in [2.05, 4.69) is 21.2 Å². The van der Waals surface area contributed by atoms with E-state index < -0.39 is 22.8 Å². The van der Waals surface area contributed by atoms with Crippen molar-refractivity contribution in [2.45, 2.75) is 33.4 Å². The van der Waals surface area contributed by atoms with Gasteiger partial charge in [-0.15, -0.1) is 0 Å². The Bertz CT molecular complexity index is 1710. The van der Waals surface area contributed by atoms with Gasteiger partial charge in [0.2, 0.25) is 0 Å². The minimum atomic E-state index is -0.662. The highest BCUT2D eigenvalue weighted by Gasteiger charge is 2.32. The fourth-order valence-electron chi connectivity index (χ4n) is 4.55.